The van der Waals surface area contributed by atoms with E-state index in [9.17, 15) is 4.79 Å². The minimum absolute atomic E-state index is 0.298. The van der Waals surface area contributed by atoms with Gasteiger partial charge in [-0.2, -0.15) is 0 Å². The summed E-state index contributed by atoms with van der Waals surface area (Å²) in [4.78, 5) is 15.2. The van der Waals surface area contributed by atoms with Gasteiger partial charge in [0.25, 0.3) is 0 Å². The van der Waals surface area contributed by atoms with Gasteiger partial charge in [-0.3, -0.25) is 9.69 Å². The first-order valence-electron chi connectivity index (χ1n) is 7.73. The van der Waals surface area contributed by atoms with Crippen LogP contribution in [-0.2, 0) is 0 Å². The maximum absolute atomic E-state index is 12.6. The minimum atomic E-state index is 0.298. The van der Waals surface area contributed by atoms with Crippen LogP contribution in [-0.4, -0.2) is 29.3 Å². The first-order chi connectivity index (χ1) is 9.69. The van der Waals surface area contributed by atoms with Gasteiger partial charge in [-0.25, -0.2) is 0 Å². The first kappa shape index (κ1) is 12.8. The molecule has 0 N–H and O–H groups in total. The van der Waals surface area contributed by atoms with Crippen LogP contribution in [0.2, 0.25) is 5.02 Å². The van der Waals surface area contributed by atoms with E-state index in [0.717, 1.165) is 17.9 Å². The number of hydrogen-bond acceptors (Lipinski definition) is 2. The smallest absolute Gasteiger partial charge is 0.163 e. The van der Waals surface area contributed by atoms with Crippen LogP contribution in [0.5, 0.6) is 0 Å². The van der Waals surface area contributed by atoms with Crippen molar-refractivity contribution in [3.05, 3.63) is 34.9 Å². The molecule has 1 aliphatic carbocycles. The van der Waals surface area contributed by atoms with Crippen LogP contribution in [0.25, 0.3) is 0 Å². The number of carbonyl (C=O) groups excluding carboxylic acids is 1. The van der Waals surface area contributed by atoms with Crippen LogP contribution in [0.3, 0.4) is 0 Å². The van der Waals surface area contributed by atoms with Crippen LogP contribution >= 0.6 is 11.6 Å². The van der Waals surface area contributed by atoms with Gasteiger partial charge in [-0.15, -0.1) is 0 Å². The summed E-state index contributed by atoms with van der Waals surface area (Å²) in [5, 5.41) is 0.697. The number of Topliss-reactive ketones (excluding diaryl/α,β-unsaturated/α-hetero) is 1. The summed E-state index contributed by atoms with van der Waals surface area (Å²) in [6.07, 6.45) is 5.92. The molecule has 3 saturated heterocycles. The number of carbonyl (C=O) groups is 1. The zero-order valence-electron chi connectivity index (χ0n) is 11.6. The fourth-order valence-electron chi connectivity index (χ4n) is 4.55. The Morgan fingerprint density at radius 1 is 1.20 bits per heavy atom. The van der Waals surface area contributed by atoms with Crippen molar-refractivity contribution in [3.63, 3.8) is 0 Å². The Morgan fingerprint density at radius 2 is 1.85 bits per heavy atom. The molecule has 1 aromatic rings. The maximum Gasteiger partial charge on any atom is 0.163 e. The zero-order chi connectivity index (χ0) is 13.7. The third-order valence-electron chi connectivity index (χ3n) is 5.76. The predicted octanol–water partition coefficient (Wildman–Crippen LogP) is 3.79. The number of ketones is 1. The Hall–Kier alpha value is -0.860. The van der Waals surface area contributed by atoms with E-state index in [0.29, 0.717) is 22.3 Å². The second kappa shape index (κ2) is 4.57. The van der Waals surface area contributed by atoms with Gasteiger partial charge < -0.3 is 0 Å². The van der Waals surface area contributed by atoms with E-state index in [1.807, 2.05) is 24.3 Å². The Morgan fingerprint density at radius 3 is 2.45 bits per heavy atom. The minimum Gasteiger partial charge on any atom is -0.297 e. The average molecular weight is 290 g/mol. The SMILES string of the molecule is O=C(CC1C2CCN(CC2)C12CC2)c1ccc(Cl)cc1. The fraction of sp³-hybridized carbons (Fsp3) is 0.588. The molecule has 1 aromatic carbocycles. The van der Waals surface area contributed by atoms with E-state index in [4.69, 9.17) is 11.6 Å². The van der Waals surface area contributed by atoms with Crippen molar-refractivity contribution in [1.82, 2.24) is 4.90 Å². The van der Waals surface area contributed by atoms with Crippen LogP contribution in [0.1, 0.15) is 42.5 Å². The van der Waals surface area contributed by atoms with E-state index in [1.54, 1.807) is 0 Å². The van der Waals surface area contributed by atoms with Gasteiger partial charge in [0.05, 0.1) is 0 Å². The molecule has 4 aliphatic rings. The van der Waals surface area contributed by atoms with Gasteiger partial charge in [-0.05, 0) is 74.9 Å². The Bertz CT molecular complexity index is 526. The van der Waals surface area contributed by atoms with E-state index in [-0.39, 0.29) is 0 Å². The van der Waals surface area contributed by atoms with E-state index < -0.39 is 0 Å². The van der Waals surface area contributed by atoms with E-state index in [2.05, 4.69) is 4.90 Å². The number of nitrogens with zero attached hydrogens (tertiary/aromatic N) is 1. The molecule has 20 heavy (non-hydrogen) atoms. The lowest BCUT2D eigenvalue weighted by molar-refractivity contribution is -0.0274. The Labute approximate surface area is 125 Å². The van der Waals surface area contributed by atoms with Gasteiger partial charge in [0, 0.05) is 22.5 Å². The van der Waals surface area contributed by atoms with Gasteiger partial charge >= 0.3 is 0 Å². The standard InChI is InChI=1S/C17H20ClNO/c18-14-3-1-13(2-4-14)16(20)11-15-12-5-9-19(10-6-12)17(15)7-8-17/h1-4,12,15H,5-11H2. The normalized spacial score (nSPS) is 33.4. The number of hydrogen-bond donors (Lipinski definition) is 0. The number of halogens is 1. The predicted molar refractivity (Wildman–Crippen MR) is 80.2 cm³/mol. The summed E-state index contributed by atoms with van der Waals surface area (Å²) in [5.74, 6) is 1.67. The average Bonchev–Trinajstić information content (AvgIpc) is 3.25. The highest BCUT2D eigenvalue weighted by Crippen LogP contribution is 2.58. The van der Waals surface area contributed by atoms with Gasteiger partial charge in [0.2, 0.25) is 0 Å². The molecule has 1 unspecified atom stereocenters. The van der Waals surface area contributed by atoms with E-state index in [1.165, 1.54) is 38.8 Å². The number of piperidine rings is 3. The molecule has 0 amide bonds. The van der Waals surface area contributed by atoms with Crippen molar-refractivity contribution >= 4 is 17.4 Å². The molecule has 0 radical (unpaired) electrons. The summed E-state index contributed by atoms with van der Waals surface area (Å²) < 4.78 is 0. The van der Waals surface area contributed by atoms with Crippen molar-refractivity contribution in [1.29, 1.82) is 0 Å². The number of fused-ring (bicyclic) bond motifs is 2. The van der Waals surface area contributed by atoms with Gasteiger partial charge in [-0.1, -0.05) is 11.6 Å². The first-order valence-corrected chi connectivity index (χ1v) is 8.11. The van der Waals surface area contributed by atoms with Crippen molar-refractivity contribution in [3.8, 4) is 0 Å². The Kier molecular flexibility index (Phi) is 2.94. The second-order valence-electron chi connectivity index (χ2n) is 6.67. The van der Waals surface area contributed by atoms with Crippen molar-refractivity contribution in [2.24, 2.45) is 11.8 Å². The molecule has 3 heterocycles. The highest BCUT2D eigenvalue weighted by molar-refractivity contribution is 6.30. The molecule has 3 heteroatoms. The largest absolute Gasteiger partial charge is 0.297 e. The molecule has 1 atom stereocenters. The maximum atomic E-state index is 12.6. The molecule has 5 rings (SSSR count). The molecule has 0 aromatic heterocycles. The summed E-state index contributed by atoms with van der Waals surface area (Å²) in [7, 11) is 0. The van der Waals surface area contributed by atoms with Crippen LogP contribution in [0.4, 0.5) is 0 Å². The van der Waals surface area contributed by atoms with Crippen molar-refractivity contribution in [2.45, 2.75) is 37.6 Å². The molecule has 2 nitrogen and oxygen atoms in total. The van der Waals surface area contributed by atoms with Gasteiger partial charge in [0.15, 0.2) is 5.78 Å². The summed E-state index contributed by atoms with van der Waals surface area (Å²) in [5.41, 5.74) is 1.23. The molecule has 106 valence electrons. The quantitative estimate of drug-likeness (QED) is 0.789. The van der Waals surface area contributed by atoms with Crippen LogP contribution in [0.15, 0.2) is 24.3 Å². The van der Waals surface area contributed by atoms with Crippen LogP contribution < -0.4 is 0 Å². The highest BCUT2D eigenvalue weighted by Gasteiger charge is 2.60. The summed E-state index contributed by atoms with van der Waals surface area (Å²) in [6, 6.07) is 7.37. The molecular formula is C17H20ClNO. The lowest BCUT2D eigenvalue weighted by Crippen LogP contribution is -2.57. The lowest BCUT2D eigenvalue weighted by atomic mass is 9.69. The van der Waals surface area contributed by atoms with Crippen molar-refractivity contribution < 1.29 is 4.79 Å². The third-order valence-corrected chi connectivity index (χ3v) is 6.01. The van der Waals surface area contributed by atoms with Crippen molar-refractivity contribution in [2.75, 3.05) is 13.1 Å². The molecule has 1 spiro atoms. The molecule has 3 aliphatic heterocycles. The number of benzene rings is 1. The molecule has 4 fully saturated rings. The van der Waals surface area contributed by atoms with Gasteiger partial charge in [0.1, 0.15) is 0 Å². The van der Waals surface area contributed by atoms with E-state index >= 15 is 0 Å². The lowest BCUT2D eigenvalue weighted by Gasteiger charge is -2.52. The third kappa shape index (κ3) is 1.93. The monoisotopic (exact) mass is 289 g/mol. The second-order valence-corrected chi connectivity index (χ2v) is 7.11. The Balaban J connectivity index is 1.54. The zero-order valence-corrected chi connectivity index (χ0v) is 12.4. The molecule has 1 saturated carbocycles. The van der Waals surface area contributed by atoms with Crippen LogP contribution in [0, 0.1) is 11.8 Å². The summed E-state index contributed by atoms with van der Waals surface area (Å²) >= 11 is 5.90. The molecular weight excluding hydrogens is 270 g/mol. The summed E-state index contributed by atoms with van der Waals surface area (Å²) in [6.45, 7) is 2.52. The highest BCUT2D eigenvalue weighted by atomic mass is 35.5. The molecule has 2 bridgehead atoms. The fourth-order valence-corrected chi connectivity index (χ4v) is 4.67. The topological polar surface area (TPSA) is 20.3 Å². The number of rotatable bonds is 3.